The van der Waals surface area contributed by atoms with Crippen molar-refractivity contribution in [1.29, 1.82) is 0 Å². The third-order valence-electron chi connectivity index (χ3n) is 0.929. The third-order valence-corrected chi connectivity index (χ3v) is 6.17. The molecule has 0 radical (unpaired) electrons. The minimum atomic E-state index is -0.207. The van der Waals surface area contributed by atoms with Crippen LogP contribution in [0.4, 0.5) is 0 Å². The van der Waals surface area contributed by atoms with Crippen LogP contribution in [0.5, 0.6) is 0 Å². The molecule has 0 unspecified atom stereocenters. The molecule has 1 rings (SSSR count). The fourth-order valence-corrected chi connectivity index (χ4v) is 3.60. The van der Waals surface area contributed by atoms with E-state index in [1.807, 2.05) is 11.3 Å². The van der Waals surface area contributed by atoms with Gasteiger partial charge >= 0.3 is 55.0 Å². The van der Waals surface area contributed by atoms with E-state index in [2.05, 4.69) is 23.0 Å². The van der Waals surface area contributed by atoms with E-state index in [1.165, 1.54) is 0 Å². The van der Waals surface area contributed by atoms with Gasteiger partial charge in [0.1, 0.15) is 0 Å². The summed E-state index contributed by atoms with van der Waals surface area (Å²) in [5, 5.41) is 2.16. The molecule has 0 bridgehead atoms. The molecule has 1 aromatic heterocycles. The van der Waals surface area contributed by atoms with Crippen LogP contribution in [0.15, 0.2) is 17.5 Å². The fraction of sp³-hybridized carbons (Fsp3) is 0.200. The monoisotopic (exact) mass is 162 g/mol. The molecule has 0 aliphatic rings. The summed E-state index contributed by atoms with van der Waals surface area (Å²) in [6, 6.07) is 4.37. The first-order valence-corrected chi connectivity index (χ1v) is 7.79. The van der Waals surface area contributed by atoms with Gasteiger partial charge in [0, 0.05) is 0 Å². The maximum atomic E-state index is 2.36. The number of thiophene rings is 1. The molecule has 34 valence electrons. The predicted octanol–water partition coefficient (Wildman–Crippen LogP) is 1.50. The zero-order valence-corrected chi connectivity index (χ0v) is 8.13. The van der Waals surface area contributed by atoms with Crippen molar-refractivity contribution in [3.63, 3.8) is 0 Å². The second-order valence-electron chi connectivity index (χ2n) is 1.43. The van der Waals surface area contributed by atoms with Crippen LogP contribution < -0.4 is 3.47 Å². The summed E-state index contributed by atoms with van der Waals surface area (Å²) in [5.41, 5.74) is 2.36. The molecule has 0 aliphatic heterocycles. The molecule has 1 aromatic rings. The summed E-state index contributed by atoms with van der Waals surface area (Å²) in [5.74, 6) is 0. The number of hydrogen-bond acceptors (Lipinski definition) is 1. The summed E-state index contributed by atoms with van der Waals surface area (Å²) in [6.45, 7) is 0. The number of hydrogen-bond donors (Lipinski definition) is 0. The molecular weight excluding hydrogens is 158 g/mol. The Bertz CT molecular complexity index is 123. The molecule has 0 N–H and O–H groups in total. The van der Waals surface area contributed by atoms with Gasteiger partial charge in [0.2, 0.25) is 0 Å². The van der Waals surface area contributed by atoms with E-state index in [0.29, 0.717) is 0 Å². The average Bonchev–Trinajstić information content (AvgIpc) is 2.14. The Kier molecular flexibility index (Phi) is 2.02. The fourth-order valence-electron chi connectivity index (χ4n) is 0.514. The molecular formula is C5H6SZn. The van der Waals surface area contributed by atoms with Crippen LogP contribution in [0.3, 0.4) is 0 Å². The first-order chi connectivity index (χ1) is 3.43. The van der Waals surface area contributed by atoms with E-state index < -0.39 is 0 Å². The average molecular weight is 164 g/mol. The van der Waals surface area contributed by atoms with E-state index in [0.717, 1.165) is 0 Å². The van der Waals surface area contributed by atoms with E-state index in [9.17, 15) is 0 Å². The maximum absolute atomic E-state index is 2.36. The Labute approximate surface area is 55.2 Å². The molecule has 0 aromatic carbocycles. The van der Waals surface area contributed by atoms with Crippen molar-refractivity contribution < 1.29 is 17.1 Å². The van der Waals surface area contributed by atoms with E-state index in [4.69, 9.17) is 0 Å². The minimum absolute atomic E-state index is 0.207. The molecule has 0 atom stereocenters. The van der Waals surface area contributed by atoms with Gasteiger partial charge in [-0.1, -0.05) is 0 Å². The van der Waals surface area contributed by atoms with Crippen LogP contribution in [-0.4, -0.2) is 0 Å². The van der Waals surface area contributed by atoms with Gasteiger partial charge in [0.15, 0.2) is 0 Å². The molecule has 0 amide bonds. The van der Waals surface area contributed by atoms with Crippen LogP contribution in [0.1, 0.15) is 0 Å². The normalized spacial score (nSPS) is 8.14. The quantitative estimate of drug-likeness (QED) is 0.551. The third kappa shape index (κ3) is 1.36. The summed E-state index contributed by atoms with van der Waals surface area (Å²) in [4.78, 5) is 0. The van der Waals surface area contributed by atoms with Gasteiger partial charge in [-0.15, -0.1) is 0 Å². The van der Waals surface area contributed by atoms with E-state index in [-0.39, 0.29) is 17.1 Å². The number of rotatable bonds is 1. The molecule has 1 heterocycles. The Balaban J connectivity index is 2.76. The second kappa shape index (κ2) is 2.59. The van der Waals surface area contributed by atoms with Crippen LogP contribution in [0.2, 0.25) is 5.52 Å². The first kappa shape index (κ1) is 5.46. The van der Waals surface area contributed by atoms with Crippen LogP contribution in [0.25, 0.3) is 0 Å². The van der Waals surface area contributed by atoms with Crippen molar-refractivity contribution in [2.24, 2.45) is 0 Å². The van der Waals surface area contributed by atoms with Crippen molar-refractivity contribution in [2.45, 2.75) is 5.52 Å². The van der Waals surface area contributed by atoms with Gasteiger partial charge in [0.05, 0.1) is 0 Å². The zero-order valence-electron chi connectivity index (χ0n) is 4.35. The van der Waals surface area contributed by atoms with Crippen molar-refractivity contribution in [3.8, 4) is 0 Å². The van der Waals surface area contributed by atoms with Gasteiger partial charge in [-0.05, 0) is 0 Å². The van der Waals surface area contributed by atoms with Crippen LogP contribution in [-0.2, 0) is 17.1 Å². The standard InChI is InChI=1S/C4H3S.CH3.Zn/c1-2-4-5-3-1;;/h1-3H;1H3;. The molecule has 0 fully saturated rings. The van der Waals surface area contributed by atoms with Gasteiger partial charge in [-0.3, -0.25) is 0 Å². The van der Waals surface area contributed by atoms with Gasteiger partial charge in [0.25, 0.3) is 0 Å². The Morgan fingerprint density at radius 2 is 2.57 bits per heavy atom. The van der Waals surface area contributed by atoms with Gasteiger partial charge in [-0.2, -0.15) is 0 Å². The van der Waals surface area contributed by atoms with Gasteiger partial charge < -0.3 is 0 Å². The summed E-state index contributed by atoms with van der Waals surface area (Å²) >= 11 is 1.70. The Hall–Kier alpha value is 0.323. The summed E-state index contributed by atoms with van der Waals surface area (Å²) in [7, 11) is 0. The molecule has 0 aliphatic carbocycles. The first-order valence-electron chi connectivity index (χ1n) is 2.46. The van der Waals surface area contributed by atoms with E-state index in [1.54, 1.807) is 3.47 Å². The van der Waals surface area contributed by atoms with Gasteiger partial charge in [-0.25, -0.2) is 0 Å². The SMILES string of the molecule is [CH3][Zn][c]1cccs1. The van der Waals surface area contributed by atoms with Crippen molar-refractivity contribution >= 4 is 14.8 Å². The van der Waals surface area contributed by atoms with Crippen molar-refractivity contribution in [2.75, 3.05) is 0 Å². The Morgan fingerprint density at radius 3 is 2.86 bits per heavy atom. The summed E-state index contributed by atoms with van der Waals surface area (Å²) < 4.78 is 1.66. The molecule has 0 saturated carbocycles. The zero-order chi connectivity index (χ0) is 5.11. The summed E-state index contributed by atoms with van der Waals surface area (Å²) in [6.07, 6.45) is 0. The van der Waals surface area contributed by atoms with E-state index >= 15 is 0 Å². The topological polar surface area (TPSA) is 0 Å². The molecule has 2 heteroatoms. The van der Waals surface area contributed by atoms with Crippen molar-refractivity contribution in [3.05, 3.63) is 17.5 Å². The second-order valence-corrected chi connectivity index (χ2v) is 6.62. The molecule has 7 heavy (non-hydrogen) atoms. The van der Waals surface area contributed by atoms with Crippen LogP contribution in [0, 0.1) is 0 Å². The molecule has 0 spiro atoms. The Morgan fingerprint density at radius 1 is 1.71 bits per heavy atom. The molecule has 0 saturated heterocycles. The van der Waals surface area contributed by atoms with Crippen molar-refractivity contribution in [1.82, 2.24) is 0 Å². The molecule has 0 nitrogen and oxygen atoms in total. The van der Waals surface area contributed by atoms with Crippen LogP contribution >= 0.6 is 11.3 Å². The predicted molar refractivity (Wildman–Crippen MR) is 29.8 cm³/mol.